The molecule has 4 nitrogen and oxygen atoms in total. The molecule has 0 atom stereocenters. The molecule has 4 heteroatoms. The molecule has 0 aliphatic heterocycles. The molecule has 0 unspecified atom stereocenters. The van der Waals surface area contributed by atoms with Gasteiger partial charge in [-0.3, -0.25) is 4.98 Å². The van der Waals surface area contributed by atoms with Crippen molar-refractivity contribution in [3.05, 3.63) is 72.3 Å². The molecule has 0 spiro atoms. The molecule has 112 valence electrons. The molecule has 3 rings (SSSR count). The van der Waals surface area contributed by atoms with Crippen molar-refractivity contribution in [2.45, 2.75) is 19.8 Å². The van der Waals surface area contributed by atoms with Gasteiger partial charge in [0, 0.05) is 31.1 Å². The minimum Gasteiger partial charge on any atom is -0.493 e. The number of aryl methyl sites for hydroxylation is 1. The SMILES string of the molecule is CCc1ccn(-c2cccc(OCCc3ccncc3)c2)n1. The Hall–Kier alpha value is -2.62. The van der Waals surface area contributed by atoms with Crippen molar-refractivity contribution in [2.24, 2.45) is 0 Å². The molecule has 3 aromatic rings. The Bertz CT molecular complexity index is 722. The first-order chi connectivity index (χ1) is 10.8. The molecule has 0 aliphatic rings. The fraction of sp³-hybridized carbons (Fsp3) is 0.222. The van der Waals surface area contributed by atoms with E-state index in [0.717, 1.165) is 30.0 Å². The van der Waals surface area contributed by atoms with Crippen molar-refractivity contribution in [3.8, 4) is 11.4 Å². The van der Waals surface area contributed by atoms with E-state index in [2.05, 4.69) is 17.0 Å². The van der Waals surface area contributed by atoms with Crippen molar-refractivity contribution in [2.75, 3.05) is 6.61 Å². The number of ether oxygens (including phenoxy) is 1. The Morgan fingerprint density at radius 2 is 1.95 bits per heavy atom. The highest BCUT2D eigenvalue weighted by molar-refractivity contribution is 5.38. The number of rotatable bonds is 6. The van der Waals surface area contributed by atoms with E-state index in [4.69, 9.17) is 4.74 Å². The highest BCUT2D eigenvalue weighted by atomic mass is 16.5. The number of pyridine rings is 1. The minimum absolute atomic E-state index is 0.646. The van der Waals surface area contributed by atoms with Crippen LogP contribution in [-0.2, 0) is 12.8 Å². The highest BCUT2D eigenvalue weighted by Gasteiger charge is 2.02. The van der Waals surface area contributed by atoms with Crippen LogP contribution in [0.3, 0.4) is 0 Å². The molecule has 0 bridgehead atoms. The third kappa shape index (κ3) is 3.52. The Morgan fingerprint density at radius 3 is 2.73 bits per heavy atom. The van der Waals surface area contributed by atoms with Gasteiger partial charge in [-0.1, -0.05) is 13.0 Å². The maximum Gasteiger partial charge on any atom is 0.121 e. The maximum absolute atomic E-state index is 5.84. The van der Waals surface area contributed by atoms with Crippen molar-refractivity contribution in [1.82, 2.24) is 14.8 Å². The van der Waals surface area contributed by atoms with Crippen molar-refractivity contribution in [3.63, 3.8) is 0 Å². The number of hydrogen-bond acceptors (Lipinski definition) is 3. The molecule has 0 fully saturated rings. The monoisotopic (exact) mass is 293 g/mol. The topological polar surface area (TPSA) is 39.9 Å². The van der Waals surface area contributed by atoms with Crippen LogP contribution in [0.1, 0.15) is 18.2 Å². The van der Waals surface area contributed by atoms with Gasteiger partial charge in [0.25, 0.3) is 0 Å². The Kier molecular flexibility index (Phi) is 4.49. The molecule has 22 heavy (non-hydrogen) atoms. The lowest BCUT2D eigenvalue weighted by molar-refractivity contribution is 0.322. The Balaban J connectivity index is 1.64. The van der Waals surface area contributed by atoms with Crippen LogP contribution in [0.15, 0.2) is 61.1 Å². The van der Waals surface area contributed by atoms with Crippen molar-refractivity contribution < 1.29 is 4.74 Å². The van der Waals surface area contributed by atoms with Crippen LogP contribution in [0.2, 0.25) is 0 Å². The summed E-state index contributed by atoms with van der Waals surface area (Å²) in [5.41, 5.74) is 3.33. The third-order valence-corrected chi connectivity index (χ3v) is 3.50. The summed E-state index contributed by atoms with van der Waals surface area (Å²) in [6, 6.07) is 14.1. The average molecular weight is 293 g/mol. The molecule has 2 heterocycles. The number of aromatic nitrogens is 3. The smallest absolute Gasteiger partial charge is 0.121 e. The molecule has 0 radical (unpaired) electrons. The Labute approximate surface area is 130 Å². The van der Waals surface area contributed by atoms with Gasteiger partial charge in [0.2, 0.25) is 0 Å². The first-order valence-corrected chi connectivity index (χ1v) is 7.52. The van der Waals surface area contributed by atoms with Crippen LogP contribution < -0.4 is 4.74 Å². The average Bonchev–Trinajstić information content (AvgIpc) is 3.05. The summed E-state index contributed by atoms with van der Waals surface area (Å²) in [6.07, 6.45) is 7.40. The Morgan fingerprint density at radius 1 is 1.09 bits per heavy atom. The van der Waals surface area contributed by atoms with Gasteiger partial charge in [0.05, 0.1) is 18.0 Å². The van der Waals surface area contributed by atoms with Crippen LogP contribution in [0, 0.1) is 0 Å². The standard InChI is InChI=1S/C18H19N3O/c1-2-16-8-12-21(20-16)17-4-3-5-18(14-17)22-13-9-15-6-10-19-11-7-15/h3-8,10-12,14H,2,9,13H2,1H3. The molecule has 2 aromatic heterocycles. The van der Waals surface area contributed by atoms with E-state index < -0.39 is 0 Å². The number of hydrogen-bond donors (Lipinski definition) is 0. The summed E-state index contributed by atoms with van der Waals surface area (Å²) >= 11 is 0. The second kappa shape index (κ2) is 6.89. The van der Waals surface area contributed by atoms with Gasteiger partial charge in [-0.25, -0.2) is 4.68 Å². The zero-order valence-corrected chi connectivity index (χ0v) is 12.6. The summed E-state index contributed by atoms with van der Waals surface area (Å²) in [6.45, 7) is 2.75. The highest BCUT2D eigenvalue weighted by Crippen LogP contribution is 2.17. The molecular weight excluding hydrogens is 274 g/mol. The van der Waals surface area contributed by atoms with E-state index in [0.29, 0.717) is 6.61 Å². The van der Waals surface area contributed by atoms with Gasteiger partial charge < -0.3 is 4.74 Å². The minimum atomic E-state index is 0.646. The molecule has 0 amide bonds. The largest absolute Gasteiger partial charge is 0.493 e. The molecular formula is C18H19N3O. The fourth-order valence-electron chi connectivity index (χ4n) is 2.25. The second-order valence-electron chi connectivity index (χ2n) is 5.06. The van der Waals surface area contributed by atoms with E-state index in [1.54, 1.807) is 12.4 Å². The van der Waals surface area contributed by atoms with Gasteiger partial charge in [-0.05, 0) is 42.3 Å². The first kappa shape index (κ1) is 14.3. The van der Waals surface area contributed by atoms with Crippen LogP contribution in [0.4, 0.5) is 0 Å². The number of benzene rings is 1. The molecule has 0 N–H and O–H groups in total. The summed E-state index contributed by atoms with van der Waals surface area (Å²) in [5.74, 6) is 0.861. The lowest BCUT2D eigenvalue weighted by Gasteiger charge is -2.08. The quantitative estimate of drug-likeness (QED) is 0.699. The van der Waals surface area contributed by atoms with Crippen LogP contribution in [0.5, 0.6) is 5.75 Å². The zero-order chi connectivity index (χ0) is 15.2. The summed E-state index contributed by atoms with van der Waals surface area (Å²) in [4.78, 5) is 4.02. The lowest BCUT2D eigenvalue weighted by Crippen LogP contribution is -2.02. The van der Waals surface area contributed by atoms with Crippen LogP contribution in [-0.4, -0.2) is 21.4 Å². The lowest BCUT2D eigenvalue weighted by atomic mass is 10.2. The van der Waals surface area contributed by atoms with Crippen LogP contribution >= 0.6 is 0 Å². The molecule has 0 saturated carbocycles. The van der Waals surface area contributed by atoms with Gasteiger partial charge in [0.15, 0.2) is 0 Å². The summed E-state index contributed by atoms with van der Waals surface area (Å²) in [5, 5.41) is 4.52. The van der Waals surface area contributed by atoms with E-state index in [1.165, 1.54) is 5.56 Å². The van der Waals surface area contributed by atoms with E-state index in [1.807, 2.05) is 53.3 Å². The van der Waals surface area contributed by atoms with E-state index >= 15 is 0 Å². The third-order valence-electron chi connectivity index (χ3n) is 3.50. The van der Waals surface area contributed by atoms with E-state index in [-0.39, 0.29) is 0 Å². The van der Waals surface area contributed by atoms with Gasteiger partial charge in [0.1, 0.15) is 5.75 Å². The zero-order valence-electron chi connectivity index (χ0n) is 12.6. The summed E-state index contributed by atoms with van der Waals surface area (Å²) in [7, 11) is 0. The van der Waals surface area contributed by atoms with Crippen molar-refractivity contribution in [1.29, 1.82) is 0 Å². The van der Waals surface area contributed by atoms with Gasteiger partial charge >= 0.3 is 0 Å². The number of nitrogens with zero attached hydrogens (tertiary/aromatic N) is 3. The van der Waals surface area contributed by atoms with Gasteiger partial charge in [-0.2, -0.15) is 5.10 Å². The molecule has 1 aromatic carbocycles. The first-order valence-electron chi connectivity index (χ1n) is 7.52. The molecule has 0 saturated heterocycles. The maximum atomic E-state index is 5.84. The predicted molar refractivity (Wildman–Crippen MR) is 86.4 cm³/mol. The van der Waals surface area contributed by atoms with Crippen LogP contribution in [0.25, 0.3) is 5.69 Å². The van der Waals surface area contributed by atoms with Crippen molar-refractivity contribution >= 4 is 0 Å². The second-order valence-corrected chi connectivity index (χ2v) is 5.06. The fourth-order valence-corrected chi connectivity index (χ4v) is 2.25. The summed E-state index contributed by atoms with van der Waals surface area (Å²) < 4.78 is 7.73. The van der Waals surface area contributed by atoms with Gasteiger partial charge in [-0.15, -0.1) is 0 Å². The normalized spacial score (nSPS) is 10.6. The van der Waals surface area contributed by atoms with E-state index in [9.17, 15) is 0 Å². The predicted octanol–water partition coefficient (Wildman–Crippen LogP) is 3.45. The molecule has 0 aliphatic carbocycles.